The molecule has 0 aliphatic rings. The van der Waals surface area contributed by atoms with Gasteiger partial charge >= 0.3 is 0 Å². The summed E-state index contributed by atoms with van der Waals surface area (Å²) in [5.74, 6) is 0. The van der Waals surface area contributed by atoms with Crippen molar-refractivity contribution in [3.05, 3.63) is 35.9 Å². The molecule has 0 fully saturated rings. The second-order valence-corrected chi connectivity index (χ2v) is 9.22. The summed E-state index contributed by atoms with van der Waals surface area (Å²) in [6.07, 6.45) is 1.73. The molecule has 0 aromatic heterocycles. The number of aryl methyl sites for hydroxylation is 1. The van der Waals surface area contributed by atoms with Crippen LogP contribution in [0.2, 0.25) is 0 Å². The second kappa shape index (κ2) is 4.53. The van der Waals surface area contributed by atoms with Crippen molar-refractivity contribution in [3.63, 3.8) is 0 Å². The van der Waals surface area contributed by atoms with Crippen molar-refractivity contribution >= 4 is 7.14 Å². The molecular weight excluding hydrogens is 203 g/mol. The van der Waals surface area contributed by atoms with E-state index >= 15 is 0 Å². The first-order chi connectivity index (χ1) is 6.83. The minimum atomic E-state index is -2.04. The van der Waals surface area contributed by atoms with Crippen LogP contribution in [0.3, 0.4) is 0 Å². The average molecular weight is 224 g/mol. The van der Waals surface area contributed by atoms with E-state index in [4.69, 9.17) is 0 Å². The van der Waals surface area contributed by atoms with Crippen LogP contribution in [0.1, 0.15) is 26.3 Å². The summed E-state index contributed by atoms with van der Waals surface area (Å²) in [4.78, 5) is 0. The van der Waals surface area contributed by atoms with Gasteiger partial charge in [0.1, 0.15) is 0 Å². The zero-order valence-corrected chi connectivity index (χ0v) is 11.1. The molecule has 15 heavy (non-hydrogen) atoms. The van der Waals surface area contributed by atoms with Gasteiger partial charge in [-0.15, -0.1) is 0 Å². The lowest BCUT2D eigenvalue weighted by Crippen LogP contribution is -2.17. The molecule has 2 heteroatoms. The van der Waals surface area contributed by atoms with Crippen molar-refractivity contribution < 1.29 is 4.57 Å². The van der Waals surface area contributed by atoms with Gasteiger partial charge in [0.05, 0.1) is 7.14 Å². The maximum absolute atomic E-state index is 12.4. The Bertz CT molecular complexity index is 349. The van der Waals surface area contributed by atoms with Crippen LogP contribution in [0.15, 0.2) is 30.3 Å². The molecule has 0 N–H and O–H groups in total. The Morgan fingerprint density at radius 2 is 1.67 bits per heavy atom. The first kappa shape index (κ1) is 12.5. The van der Waals surface area contributed by atoms with Crippen LogP contribution in [0.4, 0.5) is 0 Å². The van der Waals surface area contributed by atoms with Crippen molar-refractivity contribution in [1.29, 1.82) is 0 Å². The third-order valence-corrected chi connectivity index (χ3v) is 7.00. The Hall–Kier alpha value is -0.550. The zero-order chi connectivity index (χ0) is 11.5. The van der Waals surface area contributed by atoms with Gasteiger partial charge in [0, 0.05) is 11.3 Å². The average Bonchev–Trinajstić information content (AvgIpc) is 2.15. The van der Waals surface area contributed by atoms with Crippen LogP contribution in [0.25, 0.3) is 0 Å². The minimum Gasteiger partial charge on any atom is -0.323 e. The molecule has 1 aromatic carbocycles. The molecule has 1 unspecified atom stereocenters. The molecule has 1 rings (SSSR count). The Morgan fingerprint density at radius 1 is 1.13 bits per heavy atom. The fourth-order valence-electron chi connectivity index (χ4n) is 1.32. The summed E-state index contributed by atoms with van der Waals surface area (Å²) in [6, 6.07) is 10.3. The van der Waals surface area contributed by atoms with Gasteiger partial charge in [0.15, 0.2) is 0 Å². The van der Waals surface area contributed by atoms with Gasteiger partial charge in [0.25, 0.3) is 0 Å². The first-order valence-electron chi connectivity index (χ1n) is 5.43. The number of benzene rings is 1. The van der Waals surface area contributed by atoms with Gasteiger partial charge in [-0.3, -0.25) is 0 Å². The quantitative estimate of drug-likeness (QED) is 0.709. The SMILES string of the molecule is CC(C)(C)P(C)(=O)CCc1ccccc1. The second-order valence-electron chi connectivity index (χ2n) is 5.23. The van der Waals surface area contributed by atoms with Crippen LogP contribution in [0, 0.1) is 0 Å². The van der Waals surface area contributed by atoms with E-state index in [9.17, 15) is 4.57 Å². The van der Waals surface area contributed by atoms with Gasteiger partial charge in [-0.2, -0.15) is 0 Å². The standard InChI is InChI=1S/C13H21OP/c1-13(2,3)15(4,14)11-10-12-8-6-5-7-9-12/h5-9H,10-11H2,1-4H3. The van der Waals surface area contributed by atoms with E-state index < -0.39 is 7.14 Å². The van der Waals surface area contributed by atoms with Crippen molar-refractivity contribution in [1.82, 2.24) is 0 Å². The fraction of sp³-hybridized carbons (Fsp3) is 0.538. The van der Waals surface area contributed by atoms with E-state index in [0.717, 1.165) is 12.6 Å². The lowest BCUT2D eigenvalue weighted by Gasteiger charge is -2.27. The molecule has 1 aromatic rings. The zero-order valence-electron chi connectivity index (χ0n) is 10.2. The Morgan fingerprint density at radius 3 is 2.13 bits per heavy atom. The van der Waals surface area contributed by atoms with Crippen LogP contribution in [-0.4, -0.2) is 18.0 Å². The number of hydrogen-bond acceptors (Lipinski definition) is 1. The summed E-state index contributed by atoms with van der Waals surface area (Å²) in [6.45, 7) is 8.13. The Kier molecular flexibility index (Phi) is 3.78. The fourth-order valence-corrected chi connectivity index (χ4v) is 2.68. The number of hydrogen-bond donors (Lipinski definition) is 0. The summed E-state index contributed by atoms with van der Waals surface area (Å²) < 4.78 is 12.4. The summed E-state index contributed by atoms with van der Waals surface area (Å²) in [7, 11) is -2.04. The van der Waals surface area contributed by atoms with E-state index in [2.05, 4.69) is 32.9 Å². The minimum absolute atomic E-state index is 0.0677. The molecule has 0 saturated carbocycles. The summed E-state index contributed by atoms with van der Waals surface area (Å²) in [5, 5.41) is -0.0677. The van der Waals surface area contributed by atoms with Crippen molar-refractivity contribution in [2.75, 3.05) is 12.8 Å². The van der Waals surface area contributed by atoms with Crippen LogP contribution < -0.4 is 0 Å². The summed E-state index contributed by atoms with van der Waals surface area (Å²) >= 11 is 0. The van der Waals surface area contributed by atoms with Crippen molar-refractivity contribution in [3.8, 4) is 0 Å². The molecule has 0 radical (unpaired) electrons. The van der Waals surface area contributed by atoms with Crippen molar-refractivity contribution in [2.24, 2.45) is 0 Å². The maximum Gasteiger partial charge on any atom is 0.0901 e. The normalized spacial score (nSPS) is 16.0. The lowest BCUT2D eigenvalue weighted by atomic mass is 10.2. The largest absolute Gasteiger partial charge is 0.323 e. The Balaban J connectivity index is 2.62. The van der Waals surface area contributed by atoms with E-state index in [1.165, 1.54) is 5.56 Å². The third-order valence-electron chi connectivity index (χ3n) is 3.09. The van der Waals surface area contributed by atoms with Crippen molar-refractivity contribution in [2.45, 2.75) is 32.3 Å². The van der Waals surface area contributed by atoms with Gasteiger partial charge in [-0.1, -0.05) is 51.1 Å². The smallest absolute Gasteiger partial charge is 0.0901 e. The van der Waals surface area contributed by atoms with Crippen LogP contribution >= 0.6 is 7.14 Å². The van der Waals surface area contributed by atoms with Gasteiger partial charge in [-0.05, 0) is 18.6 Å². The molecule has 1 nitrogen and oxygen atoms in total. The molecular formula is C13H21OP. The predicted molar refractivity (Wildman–Crippen MR) is 68.3 cm³/mol. The highest BCUT2D eigenvalue weighted by Gasteiger charge is 2.30. The highest BCUT2D eigenvalue weighted by Crippen LogP contribution is 2.54. The molecule has 0 aliphatic heterocycles. The van der Waals surface area contributed by atoms with Crippen LogP contribution in [-0.2, 0) is 11.0 Å². The first-order valence-corrected chi connectivity index (χ1v) is 7.77. The lowest BCUT2D eigenvalue weighted by molar-refractivity contribution is 0.552. The predicted octanol–water partition coefficient (Wildman–Crippen LogP) is 4.02. The van der Waals surface area contributed by atoms with E-state index in [0.29, 0.717) is 0 Å². The maximum atomic E-state index is 12.4. The molecule has 0 amide bonds. The van der Waals surface area contributed by atoms with E-state index in [1.807, 2.05) is 24.9 Å². The molecule has 0 saturated heterocycles. The highest BCUT2D eigenvalue weighted by atomic mass is 31.2. The van der Waals surface area contributed by atoms with Gasteiger partial charge < -0.3 is 4.57 Å². The topological polar surface area (TPSA) is 17.1 Å². The molecule has 1 atom stereocenters. The molecule has 0 heterocycles. The molecule has 0 aliphatic carbocycles. The third kappa shape index (κ3) is 3.50. The molecule has 84 valence electrons. The van der Waals surface area contributed by atoms with Gasteiger partial charge in [0.2, 0.25) is 0 Å². The summed E-state index contributed by atoms with van der Waals surface area (Å²) in [5.41, 5.74) is 1.28. The monoisotopic (exact) mass is 224 g/mol. The molecule has 0 spiro atoms. The van der Waals surface area contributed by atoms with E-state index in [-0.39, 0.29) is 5.16 Å². The van der Waals surface area contributed by atoms with Crippen LogP contribution in [0.5, 0.6) is 0 Å². The molecule has 0 bridgehead atoms. The Labute approximate surface area is 93.3 Å². The van der Waals surface area contributed by atoms with Gasteiger partial charge in [-0.25, -0.2) is 0 Å². The van der Waals surface area contributed by atoms with E-state index in [1.54, 1.807) is 0 Å². The number of rotatable bonds is 3. The highest BCUT2D eigenvalue weighted by molar-refractivity contribution is 7.64.